The number of para-hydroxylation sites is 1. The van der Waals surface area contributed by atoms with E-state index in [1.54, 1.807) is 40.5 Å². The van der Waals surface area contributed by atoms with E-state index >= 15 is 0 Å². The number of fused-ring (bicyclic) bond motifs is 1. The summed E-state index contributed by atoms with van der Waals surface area (Å²) in [7, 11) is 0. The van der Waals surface area contributed by atoms with Crippen molar-refractivity contribution in [2.24, 2.45) is 0 Å². The second kappa shape index (κ2) is 9.01. The summed E-state index contributed by atoms with van der Waals surface area (Å²) in [6.45, 7) is 5.22. The number of hydrogen-bond donors (Lipinski definition) is 1. The van der Waals surface area contributed by atoms with E-state index in [0.29, 0.717) is 24.3 Å². The molecule has 2 amide bonds. The predicted octanol–water partition coefficient (Wildman–Crippen LogP) is 4.51. The second-order valence-corrected chi connectivity index (χ2v) is 8.10. The van der Waals surface area contributed by atoms with Crippen molar-refractivity contribution in [3.05, 3.63) is 54.1 Å². The van der Waals surface area contributed by atoms with Crippen LogP contribution < -0.4 is 5.32 Å². The zero-order valence-electron chi connectivity index (χ0n) is 15.3. The molecule has 0 aliphatic rings. The Bertz CT molecular complexity index is 918. The molecular weight excluding hydrogens is 378 g/mol. The van der Waals surface area contributed by atoms with Crippen molar-refractivity contribution >= 4 is 50.8 Å². The highest BCUT2D eigenvalue weighted by Gasteiger charge is 2.13. The molecule has 0 saturated carbocycles. The first-order valence-electron chi connectivity index (χ1n) is 8.78. The monoisotopic (exact) mass is 399 g/mol. The molecule has 3 aromatic rings. The number of anilines is 1. The van der Waals surface area contributed by atoms with Crippen LogP contribution in [0, 0.1) is 0 Å². The molecule has 7 heteroatoms. The first-order valence-corrected chi connectivity index (χ1v) is 10.6. The quantitative estimate of drug-likeness (QED) is 0.594. The number of hydrogen-bond acceptors (Lipinski definition) is 5. The molecule has 3 rings (SSSR count). The van der Waals surface area contributed by atoms with Gasteiger partial charge in [0, 0.05) is 24.3 Å². The molecular formula is C20H21N3O2S2. The van der Waals surface area contributed by atoms with Crippen LogP contribution in [0.5, 0.6) is 0 Å². The van der Waals surface area contributed by atoms with Crippen LogP contribution in [0.4, 0.5) is 5.69 Å². The number of aromatic nitrogens is 1. The van der Waals surface area contributed by atoms with Gasteiger partial charge < -0.3 is 10.2 Å². The van der Waals surface area contributed by atoms with Crippen LogP contribution >= 0.6 is 23.1 Å². The number of benzene rings is 2. The number of carbonyl (C=O) groups is 2. The molecule has 0 aliphatic carbocycles. The molecule has 0 bridgehead atoms. The Morgan fingerprint density at radius 2 is 1.89 bits per heavy atom. The minimum Gasteiger partial charge on any atom is -0.339 e. The van der Waals surface area contributed by atoms with Crippen molar-refractivity contribution in [2.45, 2.75) is 18.2 Å². The van der Waals surface area contributed by atoms with Gasteiger partial charge in [-0.15, -0.1) is 11.3 Å². The van der Waals surface area contributed by atoms with E-state index in [2.05, 4.69) is 10.3 Å². The molecule has 0 saturated heterocycles. The average molecular weight is 400 g/mol. The number of thiazole rings is 1. The fraction of sp³-hybridized carbons (Fsp3) is 0.250. The lowest BCUT2D eigenvalue weighted by Crippen LogP contribution is -2.30. The lowest BCUT2D eigenvalue weighted by molar-refractivity contribution is -0.113. The molecule has 5 nitrogen and oxygen atoms in total. The molecule has 1 heterocycles. The smallest absolute Gasteiger partial charge is 0.253 e. The number of nitrogens with one attached hydrogen (secondary N) is 1. The third-order valence-corrected chi connectivity index (χ3v) is 6.22. The summed E-state index contributed by atoms with van der Waals surface area (Å²) >= 11 is 3.00. The van der Waals surface area contributed by atoms with Crippen molar-refractivity contribution in [2.75, 3.05) is 24.2 Å². The van der Waals surface area contributed by atoms with Crippen LogP contribution in [0.15, 0.2) is 52.9 Å². The van der Waals surface area contributed by atoms with Crippen molar-refractivity contribution < 1.29 is 9.59 Å². The number of rotatable bonds is 7. The zero-order chi connectivity index (χ0) is 19.2. The summed E-state index contributed by atoms with van der Waals surface area (Å²) in [5.74, 6) is 0.125. The molecule has 2 aromatic carbocycles. The fourth-order valence-corrected chi connectivity index (χ4v) is 4.53. The fourth-order valence-electron chi connectivity index (χ4n) is 2.66. The third kappa shape index (κ3) is 4.87. The van der Waals surface area contributed by atoms with Gasteiger partial charge in [0.15, 0.2) is 4.34 Å². The normalized spacial score (nSPS) is 10.7. The predicted molar refractivity (Wildman–Crippen MR) is 113 cm³/mol. The summed E-state index contributed by atoms with van der Waals surface area (Å²) in [6, 6.07) is 15.0. The lowest BCUT2D eigenvalue weighted by atomic mass is 10.1. The molecule has 1 aromatic heterocycles. The molecule has 140 valence electrons. The van der Waals surface area contributed by atoms with E-state index in [0.717, 1.165) is 14.6 Å². The Morgan fingerprint density at radius 3 is 2.63 bits per heavy atom. The number of amides is 2. The Labute approximate surface area is 166 Å². The topological polar surface area (TPSA) is 62.3 Å². The van der Waals surface area contributed by atoms with Gasteiger partial charge in [-0.1, -0.05) is 30.0 Å². The van der Waals surface area contributed by atoms with Crippen molar-refractivity contribution in [1.29, 1.82) is 0 Å². The number of thioether (sulfide) groups is 1. The molecule has 0 fully saturated rings. The van der Waals surface area contributed by atoms with Gasteiger partial charge in [0.05, 0.1) is 16.0 Å². The summed E-state index contributed by atoms with van der Waals surface area (Å²) < 4.78 is 1.99. The summed E-state index contributed by atoms with van der Waals surface area (Å²) in [5.41, 5.74) is 2.16. The maximum absolute atomic E-state index is 12.4. The Hall–Kier alpha value is -2.38. The van der Waals surface area contributed by atoms with Gasteiger partial charge >= 0.3 is 0 Å². The van der Waals surface area contributed by atoms with Crippen molar-refractivity contribution in [3.63, 3.8) is 0 Å². The third-order valence-electron chi connectivity index (χ3n) is 4.04. The molecule has 27 heavy (non-hydrogen) atoms. The lowest BCUT2D eigenvalue weighted by Gasteiger charge is -2.19. The Balaban J connectivity index is 1.60. The van der Waals surface area contributed by atoms with Gasteiger partial charge in [0.2, 0.25) is 5.91 Å². The van der Waals surface area contributed by atoms with E-state index in [4.69, 9.17) is 0 Å². The number of carbonyl (C=O) groups excluding carboxylic acids is 2. The maximum atomic E-state index is 12.4. The van der Waals surface area contributed by atoms with Gasteiger partial charge in [0.25, 0.3) is 5.91 Å². The van der Waals surface area contributed by atoms with Gasteiger partial charge in [-0.2, -0.15) is 0 Å². The van der Waals surface area contributed by atoms with Gasteiger partial charge in [-0.05, 0) is 44.2 Å². The SMILES string of the molecule is CCN(CC)C(=O)c1cccc(NC(=O)CSc2nc3ccccc3s2)c1. The maximum Gasteiger partial charge on any atom is 0.253 e. The van der Waals surface area contributed by atoms with E-state index in [1.165, 1.54) is 11.8 Å². The van der Waals surface area contributed by atoms with Gasteiger partial charge in [-0.3, -0.25) is 9.59 Å². The summed E-state index contributed by atoms with van der Waals surface area (Å²) in [5, 5.41) is 2.86. The van der Waals surface area contributed by atoms with Crippen LogP contribution in [-0.2, 0) is 4.79 Å². The minimum atomic E-state index is -0.119. The van der Waals surface area contributed by atoms with Crippen LogP contribution in [-0.4, -0.2) is 40.5 Å². The molecule has 0 unspecified atom stereocenters. The van der Waals surface area contributed by atoms with E-state index in [9.17, 15) is 9.59 Å². The average Bonchev–Trinajstić information content (AvgIpc) is 3.10. The highest BCUT2D eigenvalue weighted by atomic mass is 32.2. The molecule has 0 radical (unpaired) electrons. The van der Waals surface area contributed by atoms with Crippen LogP contribution in [0.25, 0.3) is 10.2 Å². The van der Waals surface area contributed by atoms with Crippen LogP contribution in [0.2, 0.25) is 0 Å². The van der Waals surface area contributed by atoms with Crippen LogP contribution in [0.3, 0.4) is 0 Å². The highest BCUT2D eigenvalue weighted by molar-refractivity contribution is 8.01. The van der Waals surface area contributed by atoms with Crippen molar-refractivity contribution in [3.8, 4) is 0 Å². The number of nitrogens with zero attached hydrogens (tertiary/aromatic N) is 2. The first-order chi connectivity index (χ1) is 13.1. The summed E-state index contributed by atoms with van der Waals surface area (Å²) in [4.78, 5) is 31.0. The summed E-state index contributed by atoms with van der Waals surface area (Å²) in [6.07, 6.45) is 0. The minimum absolute atomic E-state index is 0.0278. The van der Waals surface area contributed by atoms with Crippen molar-refractivity contribution in [1.82, 2.24) is 9.88 Å². The van der Waals surface area contributed by atoms with Crippen LogP contribution in [0.1, 0.15) is 24.2 Å². The van der Waals surface area contributed by atoms with E-state index in [-0.39, 0.29) is 17.6 Å². The first kappa shape index (κ1) is 19.4. The molecule has 0 spiro atoms. The van der Waals surface area contributed by atoms with E-state index in [1.807, 2.05) is 38.1 Å². The standard InChI is InChI=1S/C20H21N3O2S2/c1-3-23(4-2)19(25)14-8-7-9-15(12-14)21-18(24)13-26-20-22-16-10-5-6-11-17(16)27-20/h5-12H,3-4,13H2,1-2H3,(H,21,24). The second-order valence-electron chi connectivity index (χ2n) is 5.84. The largest absolute Gasteiger partial charge is 0.339 e. The highest BCUT2D eigenvalue weighted by Crippen LogP contribution is 2.29. The van der Waals surface area contributed by atoms with E-state index < -0.39 is 0 Å². The zero-order valence-corrected chi connectivity index (χ0v) is 16.9. The van der Waals surface area contributed by atoms with Gasteiger partial charge in [0.1, 0.15) is 0 Å². The molecule has 0 aliphatic heterocycles. The molecule has 1 N–H and O–H groups in total. The molecule has 0 atom stereocenters. The van der Waals surface area contributed by atoms with Gasteiger partial charge in [-0.25, -0.2) is 4.98 Å². The Morgan fingerprint density at radius 1 is 1.11 bits per heavy atom. The Kier molecular flexibility index (Phi) is 6.47.